The molecule has 2 atom stereocenters. The zero-order valence-electron chi connectivity index (χ0n) is 17.2. The number of rotatable bonds is 10. The van der Waals surface area contributed by atoms with E-state index in [4.69, 9.17) is 4.74 Å². The average Bonchev–Trinajstić information content (AvgIpc) is 2.29. The SMILES string of the molecule is C=C(CCC(C)CC(C)(C)C)OC(=C)CCC(C)CC(C)(C)C. The van der Waals surface area contributed by atoms with Gasteiger partial charge in [0.2, 0.25) is 0 Å². The predicted molar refractivity (Wildman–Crippen MR) is 104 cm³/mol. The molecule has 0 amide bonds. The van der Waals surface area contributed by atoms with Crippen molar-refractivity contribution in [3.8, 4) is 0 Å². The Balaban J connectivity index is 3.96. The Morgan fingerprint density at radius 1 is 0.739 bits per heavy atom. The molecule has 0 heterocycles. The summed E-state index contributed by atoms with van der Waals surface area (Å²) in [6.45, 7) is 26.6. The van der Waals surface area contributed by atoms with Gasteiger partial charge in [0, 0.05) is 12.8 Å². The zero-order valence-corrected chi connectivity index (χ0v) is 17.2. The minimum absolute atomic E-state index is 0.397. The molecular formula is C22H42O. The molecule has 136 valence electrons. The second-order valence-electron chi connectivity index (χ2n) is 10.00. The van der Waals surface area contributed by atoms with Gasteiger partial charge < -0.3 is 4.74 Å². The van der Waals surface area contributed by atoms with Crippen LogP contribution in [0.3, 0.4) is 0 Å². The van der Waals surface area contributed by atoms with E-state index >= 15 is 0 Å². The summed E-state index contributed by atoms with van der Waals surface area (Å²) in [6, 6.07) is 0. The molecule has 1 heteroatoms. The van der Waals surface area contributed by atoms with Gasteiger partial charge in [-0.1, -0.05) is 68.5 Å². The molecule has 2 unspecified atom stereocenters. The van der Waals surface area contributed by atoms with Crippen LogP contribution in [0.15, 0.2) is 24.7 Å². The molecular weight excluding hydrogens is 280 g/mol. The summed E-state index contributed by atoms with van der Waals surface area (Å²) >= 11 is 0. The number of allylic oxidation sites excluding steroid dienone is 2. The smallest absolute Gasteiger partial charge is 0.0964 e. The van der Waals surface area contributed by atoms with Gasteiger partial charge in [0.25, 0.3) is 0 Å². The summed E-state index contributed by atoms with van der Waals surface area (Å²) in [5.74, 6) is 3.16. The number of ether oxygens (including phenoxy) is 1. The maximum absolute atomic E-state index is 5.82. The van der Waals surface area contributed by atoms with Crippen LogP contribution in [0.5, 0.6) is 0 Å². The van der Waals surface area contributed by atoms with Crippen molar-refractivity contribution in [1.29, 1.82) is 0 Å². The molecule has 23 heavy (non-hydrogen) atoms. The van der Waals surface area contributed by atoms with E-state index in [1.54, 1.807) is 0 Å². The van der Waals surface area contributed by atoms with Crippen molar-refractivity contribution in [1.82, 2.24) is 0 Å². The summed E-state index contributed by atoms with van der Waals surface area (Å²) in [5, 5.41) is 0. The minimum atomic E-state index is 0.397. The predicted octanol–water partition coefficient (Wildman–Crippen LogP) is 7.74. The van der Waals surface area contributed by atoms with Gasteiger partial charge in [-0.05, 0) is 48.3 Å². The van der Waals surface area contributed by atoms with Crippen LogP contribution in [0.2, 0.25) is 0 Å². The lowest BCUT2D eigenvalue weighted by atomic mass is 9.83. The largest absolute Gasteiger partial charge is 0.467 e. The Kier molecular flexibility index (Phi) is 9.25. The molecule has 0 saturated heterocycles. The van der Waals surface area contributed by atoms with E-state index in [1.807, 2.05) is 0 Å². The fourth-order valence-electron chi connectivity index (χ4n) is 3.42. The summed E-state index contributed by atoms with van der Waals surface area (Å²) in [5.41, 5.74) is 0.794. The quantitative estimate of drug-likeness (QED) is 0.374. The van der Waals surface area contributed by atoms with E-state index in [1.165, 1.54) is 12.8 Å². The van der Waals surface area contributed by atoms with Crippen LogP contribution in [0, 0.1) is 22.7 Å². The highest BCUT2D eigenvalue weighted by Gasteiger charge is 2.17. The van der Waals surface area contributed by atoms with Gasteiger partial charge in [-0.2, -0.15) is 0 Å². The van der Waals surface area contributed by atoms with Gasteiger partial charge in [-0.25, -0.2) is 0 Å². The second kappa shape index (κ2) is 9.55. The molecule has 0 aliphatic heterocycles. The molecule has 0 spiro atoms. The lowest BCUT2D eigenvalue weighted by Gasteiger charge is -2.24. The van der Waals surface area contributed by atoms with Crippen molar-refractivity contribution in [2.45, 2.75) is 93.9 Å². The van der Waals surface area contributed by atoms with Crippen molar-refractivity contribution < 1.29 is 4.74 Å². The average molecular weight is 323 g/mol. The second-order valence-corrected chi connectivity index (χ2v) is 10.00. The summed E-state index contributed by atoms with van der Waals surface area (Å²) in [4.78, 5) is 0. The first-order valence-electron chi connectivity index (χ1n) is 9.32. The molecule has 0 fully saturated rings. The normalized spacial score (nSPS) is 15.1. The molecule has 1 nitrogen and oxygen atoms in total. The van der Waals surface area contributed by atoms with Crippen LogP contribution >= 0.6 is 0 Å². The van der Waals surface area contributed by atoms with E-state index in [9.17, 15) is 0 Å². The van der Waals surface area contributed by atoms with E-state index < -0.39 is 0 Å². The van der Waals surface area contributed by atoms with E-state index in [0.717, 1.165) is 37.2 Å². The van der Waals surface area contributed by atoms with Crippen molar-refractivity contribution in [2.24, 2.45) is 22.7 Å². The van der Waals surface area contributed by atoms with Crippen molar-refractivity contribution in [2.75, 3.05) is 0 Å². The summed E-state index contributed by atoms with van der Waals surface area (Å²) in [7, 11) is 0. The van der Waals surface area contributed by atoms with Crippen LogP contribution in [0.4, 0.5) is 0 Å². The fraction of sp³-hybridized carbons (Fsp3) is 0.818. The van der Waals surface area contributed by atoms with Crippen LogP contribution in [-0.2, 0) is 4.74 Å². The highest BCUT2D eigenvalue weighted by Crippen LogP contribution is 2.29. The third-order valence-electron chi connectivity index (χ3n) is 4.04. The molecule has 0 aromatic carbocycles. The molecule has 0 aliphatic carbocycles. The van der Waals surface area contributed by atoms with Gasteiger partial charge in [-0.3, -0.25) is 0 Å². The van der Waals surface area contributed by atoms with Crippen molar-refractivity contribution in [3.05, 3.63) is 24.7 Å². The van der Waals surface area contributed by atoms with Gasteiger partial charge in [0.15, 0.2) is 0 Å². The van der Waals surface area contributed by atoms with Crippen LogP contribution < -0.4 is 0 Å². The van der Waals surface area contributed by atoms with Crippen LogP contribution in [-0.4, -0.2) is 0 Å². The lowest BCUT2D eigenvalue weighted by molar-refractivity contribution is 0.242. The Morgan fingerprint density at radius 2 is 1.04 bits per heavy atom. The number of hydrogen-bond donors (Lipinski definition) is 0. The third kappa shape index (κ3) is 14.6. The standard InChI is InChI=1S/C22H42O/c1-17(15-21(5,6)7)11-13-19(3)23-20(4)14-12-18(2)16-22(8,9)10/h17-18H,3-4,11-16H2,1-2,5-10H3. The van der Waals surface area contributed by atoms with Gasteiger partial charge in [0.1, 0.15) is 0 Å². The van der Waals surface area contributed by atoms with E-state index in [2.05, 4.69) is 68.5 Å². The molecule has 0 aromatic heterocycles. The van der Waals surface area contributed by atoms with E-state index in [0.29, 0.717) is 22.7 Å². The van der Waals surface area contributed by atoms with Crippen LogP contribution in [0.1, 0.15) is 93.9 Å². The van der Waals surface area contributed by atoms with Crippen LogP contribution in [0.25, 0.3) is 0 Å². The van der Waals surface area contributed by atoms with Crippen molar-refractivity contribution in [3.63, 3.8) is 0 Å². The lowest BCUT2D eigenvalue weighted by Crippen LogP contribution is -2.11. The first-order valence-corrected chi connectivity index (χ1v) is 9.32. The molecule has 0 aliphatic rings. The first kappa shape index (κ1) is 22.3. The number of hydrogen-bond acceptors (Lipinski definition) is 1. The van der Waals surface area contributed by atoms with Gasteiger partial charge >= 0.3 is 0 Å². The van der Waals surface area contributed by atoms with Gasteiger partial charge in [0.05, 0.1) is 11.5 Å². The molecule has 0 rings (SSSR count). The minimum Gasteiger partial charge on any atom is -0.467 e. The molecule has 0 radical (unpaired) electrons. The molecule has 0 N–H and O–H groups in total. The molecule has 0 aromatic rings. The highest BCUT2D eigenvalue weighted by molar-refractivity contribution is 4.94. The van der Waals surface area contributed by atoms with E-state index in [-0.39, 0.29) is 0 Å². The zero-order chi connectivity index (χ0) is 18.3. The molecule has 0 saturated carbocycles. The fourth-order valence-corrected chi connectivity index (χ4v) is 3.42. The Bertz CT molecular complexity index is 328. The first-order chi connectivity index (χ1) is 10.3. The maximum atomic E-state index is 5.82. The maximum Gasteiger partial charge on any atom is 0.0964 e. The Hall–Kier alpha value is -0.720. The third-order valence-corrected chi connectivity index (χ3v) is 4.04. The van der Waals surface area contributed by atoms with Crippen molar-refractivity contribution >= 4 is 0 Å². The highest BCUT2D eigenvalue weighted by atomic mass is 16.5. The summed E-state index contributed by atoms with van der Waals surface area (Å²) < 4.78 is 5.82. The molecule has 0 bridgehead atoms. The van der Waals surface area contributed by atoms with Gasteiger partial charge in [-0.15, -0.1) is 0 Å². The summed E-state index contributed by atoms with van der Waals surface area (Å²) in [6.07, 6.45) is 6.65. The Morgan fingerprint density at radius 3 is 1.30 bits per heavy atom. The monoisotopic (exact) mass is 322 g/mol. The Labute approximate surface area is 146 Å². The topological polar surface area (TPSA) is 9.23 Å².